The minimum atomic E-state index is -3.78. The van der Waals surface area contributed by atoms with Crippen molar-refractivity contribution in [1.82, 2.24) is 15.4 Å². The molecule has 0 radical (unpaired) electrons. The van der Waals surface area contributed by atoms with Crippen LogP contribution in [0.3, 0.4) is 0 Å². The first-order chi connectivity index (χ1) is 9.49. The zero-order valence-corrected chi connectivity index (χ0v) is 13.1. The van der Waals surface area contributed by atoms with Crippen molar-refractivity contribution in [3.63, 3.8) is 0 Å². The Balaban J connectivity index is 0.00000400. The number of ether oxygens (including phenoxy) is 1. The normalized spacial score (nSPS) is 10.6. The van der Waals surface area contributed by atoms with Gasteiger partial charge in [0.1, 0.15) is 0 Å². The first-order valence-electron chi connectivity index (χ1n) is 5.89. The molecule has 7 nitrogen and oxygen atoms in total. The maximum atomic E-state index is 12.1. The molecular weight excluding hydrogens is 318 g/mol. The Morgan fingerprint density at radius 1 is 1.38 bits per heavy atom. The molecule has 0 aliphatic carbocycles. The second-order valence-electron chi connectivity index (χ2n) is 3.64. The SMILES string of the molecule is C=CCN(NC(=O)OCC)NS(=O)(=O)c1ccccc1.Cl. The van der Waals surface area contributed by atoms with E-state index in [2.05, 4.69) is 21.6 Å². The molecule has 0 spiro atoms. The number of benzene rings is 1. The van der Waals surface area contributed by atoms with E-state index in [1.54, 1.807) is 25.1 Å². The number of hydrazine groups is 2. The number of rotatable bonds is 7. The predicted molar refractivity (Wildman–Crippen MR) is 81.1 cm³/mol. The van der Waals surface area contributed by atoms with Crippen LogP contribution in [0.2, 0.25) is 0 Å². The summed E-state index contributed by atoms with van der Waals surface area (Å²) in [6.45, 7) is 5.39. The molecular formula is C12H18ClN3O4S. The topological polar surface area (TPSA) is 87.7 Å². The molecule has 0 aliphatic heterocycles. The van der Waals surface area contributed by atoms with E-state index in [0.717, 1.165) is 5.12 Å². The lowest BCUT2D eigenvalue weighted by molar-refractivity contribution is 0.105. The summed E-state index contributed by atoms with van der Waals surface area (Å²) < 4.78 is 28.8. The van der Waals surface area contributed by atoms with Gasteiger partial charge in [-0.25, -0.2) is 18.6 Å². The third kappa shape index (κ3) is 6.58. The summed E-state index contributed by atoms with van der Waals surface area (Å²) in [5.74, 6) is 0. The van der Waals surface area contributed by atoms with Crippen LogP contribution in [0.25, 0.3) is 0 Å². The molecule has 1 aromatic rings. The van der Waals surface area contributed by atoms with E-state index in [1.165, 1.54) is 18.2 Å². The lowest BCUT2D eigenvalue weighted by Gasteiger charge is -2.21. The van der Waals surface area contributed by atoms with Gasteiger partial charge in [0.05, 0.1) is 18.0 Å². The van der Waals surface area contributed by atoms with Gasteiger partial charge in [-0.1, -0.05) is 24.3 Å². The Labute approximate surface area is 130 Å². The zero-order chi connectivity index (χ0) is 15.0. The minimum Gasteiger partial charge on any atom is -0.449 e. The first-order valence-corrected chi connectivity index (χ1v) is 7.37. The van der Waals surface area contributed by atoms with Crippen molar-refractivity contribution in [1.29, 1.82) is 0 Å². The fraction of sp³-hybridized carbons (Fsp3) is 0.250. The minimum absolute atomic E-state index is 0. The average molecular weight is 336 g/mol. The van der Waals surface area contributed by atoms with E-state index in [4.69, 9.17) is 0 Å². The molecule has 2 N–H and O–H groups in total. The molecule has 1 aromatic carbocycles. The maximum absolute atomic E-state index is 12.1. The maximum Gasteiger partial charge on any atom is 0.422 e. The van der Waals surface area contributed by atoms with Crippen LogP contribution in [0.4, 0.5) is 4.79 Å². The first kappa shape index (κ1) is 19.4. The Kier molecular flexibility index (Phi) is 8.63. The number of hydrogen-bond acceptors (Lipinski definition) is 5. The van der Waals surface area contributed by atoms with Crippen molar-refractivity contribution in [2.45, 2.75) is 11.8 Å². The average Bonchev–Trinajstić information content (AvgIpc) is 2.39. The van der Waals surface area contributed by atoms with E-state index < -0.39 is 16.1 Å². The van der Waals surface area contributed by atoms with Gasteiger partial charge in [-0.05, 0) is 19.1 Å². The van der Waals surface area contributed by atoms with Crippen molar-refractivity contribution in [2.24, 2.45) is 0 Å². The second kappa shape index (κ2) is 9.35. The monoisotopic (exact) mass is 335 g/mol. The van der Waals surface area contributed by atoms with Gasteiger partial charge >= 0.3 is 6.09 Å². The third-order valence-electron chi connectivity index (χ3n) is 2.10. The molecule has 0 atom stereocenters. The van der Waals surface area contributed by atoms with Gasteiger partial charge in [0.2, 0.25) is 0 Å². The van der Waals surface area contributed by atoms with Crippen molar-refractivity contribution in [3.05, 3.63) is 43.0 Å². The number of hydrogen-bond donors (Lipinski definition) is 2. The van der Waals surface area contributed by atoms with Crippen LogP contribution in [-0.4, -0.2) is 32.8 Å². The van der Waals surface area contributed by atoms with Crippen molar-refractivity contribution >= 4 is 28.5 Å². The highest BCUT2D eigenvalue weighted by molar-refractivity contribution is 7.89. The van der Waals surface area contributed by atoms with Crippen LogP contribution in [0.1, 0.15) is 6.92 Å². The molecule has 118 valence electrons. The molecule has 0 bridgehead atoms. The summed E-state index contributed by atoms with van der Waals surface area (Å²) in [5.41, 5.74) is 2.26. The van der Waals surface area contributed by atoms with Gasteiger partial charge < -0.3 is 4.74 Å². The quantitative estimate of drug-likeness (QED) is 0.581. The van der Waals surface area contributed by atoms with E-state index in [-0.39, 0.29) is 30.5 Å². The van der Waals surface area contributed by atoms with E-state index in [1.807, 2.05) is 0 Å². The van der Waals surface area contributed by atoms with Crippen molar-refractivity contribution in [2.75, 3.05) is 13.2 Å². The molecule has 0 saturated carbocycles. The molecule has 0 heterocycles. The summed E-state index contributed by atoms with van der Waals surface area (Å²) >= 11 is 0. The standard InChI is InChI=1S/C12H17N3O4S.ClH/c1-3-10-15(13-12(16)19-4-2)14-20(17,18)11-8-6-5-7-9-11;/h3,5-9,14H,1,4,10H2,2H3,(H,13,16);1H. The van der Waals surface area contributed by atoms with Crippen LogP contribution in [-0.2, 0) is 14.8 Å². The summed E-state index contributed by atoms with van der Waals surface area (Å²) in [4.78, 5) is 13.6. The zero-order valence-electron chi connectivity index (χ0n) is 11.5. The van der Waals surface area contributed by atoms with Crippen molar-refractivity contribution in [3.8, 4) is 0 Å². The van der Waals surface area contributed by atoms with E-state index in [9.17, 15) is 13.2 Å². The number of nitrogens with zero attached hydrogens (tertiary/aromatic N) is 1. The number of nitrogens with one attached hydrogen (secondary N) is 2. The number of sulfonamides is 1. The molecule has 1 amide bonds. The summed E-state index contributed by atoms with van der Waals surface area (Å²) in [6.07, 6.45) is 0.671. The summed E-state index contributed by atoms with van der Waals surface area (Å²) in [5, 5.41) is 0.979. The van der Waals surface area contributed by atoms with Crippen LogP contribution in [0.15, 0.2) is 47.9 Å². The van der Waals surface area contributed by atoms with Crippen LogP contribution < -0.4 is 10.3 Å². The van der Waals surface area contributed by atoms with E-state index in [0.29, 0.717) is 0 Å². The molecule has 21 heavy (non-hydrogen) atoms. The molecule has 0 aliphatic rings. The highest BCUT2D eigenvalue weighted by atomic mass is 35.5. The number of amides is 1. The predicted octanol–water partition coefficient (Wildman–Crippen LogP) is 1.45. The van der Waals surface area contributed by atoms with Gasteiger partial charge in [0, 0.05) is 0 Å². The van der Waals surface area contributed by atoms with Gasteiger partial charge in [0.25, 0.3) is 10.0 Å². The number of halogens is 1. The second-order valence-corrected chi connectivity index (χ2v) is 5.30. The molecule has 0 unspecified atom stereocenters. The van der Waals surface area contributed by atoms with Gasteiger partial charge in [0.15, 0.2) is 0 Å². The largest absolute Gasteiger partial charge is 0.449 e. The lowest BCUT2D eigenvalue weighted by Crippen LogP contribution is -2.52. The molecule has 0 fully saturated rings. The highest BCUT2D eigenvalue weighted by Gasteiger charge is 2.18. The smallest absolute Gasteiger partial charge is 0.422 e. The molecule has 9 heteroatoms. The van der Waals surface area contributed by atoms with Crippen molar-refractivity contribution < 1.29 is 17.9 Å². The Bertz CT molecular complexity index is 551. The molecule has 0 aromatic heterocycles. The third-order valence-corrected chi connectivity index (χ3v) is 3.45. The summed E-state index contributed by atoms with van der Waals surface area (Å²) in [6, 6.07) is 7.80. The molecule has 0 saturated heterocycles. The fourth-order valence-corrected chi connectivity index (χ4v) is 2.34. The van der Waals surface area contributed by atoms with Gasteiger partial charge in [-0.2, -0.15) is 0 Å². The van der Waals surface area contributed by atoms with Gasteiger partial charge in [-0.15, -0.1) is 28.9 Å². The molecule has 1 rings (SSSR count). The Morgan fingerprint density at radius 2 is 2.00 bits per heavy atom. The van der Waals surface area contributed by atoms with E-state index >= 15 is 0 Å². The van der Waals surface area contributed by atoms with Crippen LogP contribution in [0, 0.1) is 0 Å². The Hall–Kier alpha value is -1.61. The lowest BCUT2D eigenvalue weighted by atomic mass is 10.4. The Morgan fingerprint density at radius 3 is 2.52 bits per heavy atom. The fourth-order valence-electron chi connectivity index (χ4n) is 1.31. The summed E-state index contributed by atoms with van der Waals surface area (Å²) in [7, 11) is -3.78. The number of carbonyl (C=O) groups is 1. The van der Waals surface area contributed by atoms with Crippen LogP contribution in [0.5, 0.6) is 0 Å². The highest BCUT2D eigenvalue weighted by Crippen LogP contribution is 2.07. The number of carbonyl (C=O) groups excluding carboxylic acids is 1. The van der Waals surface area contributed by atoms with Gasteiger partial charge in [-0.3, -0.25) is 0 Å². The van der Waals surface area contributed by atoms with Crippen LogP contribution >= 0.6 is 12.4 Å².